The highest BCUT2D eigenvalue weighted by Gasteiger charge is 2.12. The first-order chi connectivity index (χ1) is 10.3. The maximum atomic E-state index is 12.1. The molecule has 112 valence electrons. The summed E-state index contributed by atoms with van der Waals surface area (Å²) in [5, 5.41) is 11.6. The summed E-state index contributed by atoms with van der Waals surface area (Å²) < 4.78 is 0. The van der Waals surface area contributed by atoms with Crippen molar-refractivity contribution in [3.63, 3.8) is 0 Å². The molecular weight excluding hydrogens is 262 g/mol. The van der Waals surface area contributed by atoms with Gasteiger partial charge in [0.2, 0.25) is 5.91 Å². The number of likely N-dealkylation sites (tertiary alicyclic amines) is 1. The first kappa shape index (κ1) is 15.5. The molecule has 0 radical (unpaired) electrons. The van der Waals surface area contributed by atoms with Crippen molar-refractivity contribution in [1.82, 2.24) is 4.90 Å². The average molecular weight is 285 g/mol. The third kappa shape index (κ3) is 5.57. The molecule has 4 heteroatoms. The van der Waals surface area contributed by atoms with Crippen LogP contribution in [0.5, 0.6) is 0 Å². The second kappa shape index (κ2) is 8.43. The molecule has 1 saturated heterocycles. The van der Waals surface area contributed by atoms with Gasteiger partial charge >= 0.3 is 0 Å². The van der Waals surface area contributed by atoms with Gasteiger partial charge in [-0.25, -0.2) is 0 Å². The highest BCUT2D eigenvalue weighted by molar-refractivity contribution is 5.92. The van der Waals surface area contributed by atoms with E-state index >= 15 is 0 Å². The van der Waals surface area contributed by atoms with Crippen LogP contribution in [0.1, 0.15) is 37.7 Å². The molecule has 0 aliphatic carbocycles. The number of anilines is 1. The van der Waals surface area contributed by atoms with E-state index in [1.54, 1.807) is 0 Å². The normalized spacial score (nSPS) is 16.5. The van der Waals surface area contributed by atoms with Gasteiger partial charge in [0.15, 0.2) is 0 Å². The minimum Gasteiger partial charge on any atom is -0.325 e. The maximum absolute atomic E-state index is 12.1. The Balaban J connectivity index is 1.81. The van der Waals surface area contributed by atoms with E-state index in [1.165, 1.54) is 32.1 Å². The van der Waals surface area contributed by atoms with Gasteiger partial charge in [-0.1, -0.05) is 31.4 Å². The van der Waals surface area contributed by atoms with Crippen molar-refractivity contribution in [2.24, 2.45) is 0 Å². The van der Waals surface area contributed by atoms with Crippen LogP contribution in [-0.4, -0.2) is 30.4 Å². The van der Waals surface area contributed by atoms with E-state index in [0.29, 0.717) is 13.0 Å². The van der Waals surface area contributed by atoms with Gasteiger partial charge < -0.3 is 5.32 Å². The van der Waals surface area contributed by atoms with Gasteiger partial charge in [-0.3, -0.25) is 9.69 Å². The number of nitriles is 1. The summed E-state index contributed by atoms with van der Waals surface area (Å²) in [4.78, 5) is 14.3. The van der Waals surface area contributed by atoms with Crippen LogP contribution in [0.3, 0.4) is 0 Å². The molecule has 0 bridgehead atoms. The molecule has 21 heavy (non-hydrogen) atoms. The van der Waals surface area contributed by atoms with E-state index in [2.05, 4.69) is 16.3 Å². The Labute approximate surface area is 126 Å². The number of hydrogen-bond donors (Lipinski definition) is 1. The minimum absolute atomic E-state index is 0.0450. The quantitative estimate of drug-likeness (QED) is 0.925. The van der Waals surface area contributed by atoms with Crippen molar-refractivity contribution < 1.29 is 4.79 Å². The van der Waals surface area contributed by atoms with Crippen LogP contribution < -0.4 is 5.32 Å². The zero-order valence-corrected chi connectivity index (χ0v) is 12.5. The standard InChI is InChI=1S/C17H23N3O/c18-11-10-15-6-8-16(9-7-15)19-17(21)14-20-12-4-2-1-3-5-13-20/h6-9H,1-5,10,12-14H2,(H,19,21). The van der Waals surface area contributed by atoms with Gasteiger partial charge in [0.25, 0.3) is 0 Å². The molecule has 0 saturated carbocycles. The molecule has 0 spiro atoms. The van der Waals surface area contributed by atoms with E-state index in [9.17, 15) is 4.79 Å². The summed E-state index contributed by atoms with van der Waals surface area (Å²) in [5.74, 6) is 0.0450. The van der Waals surface area contributed by atoms with Gasteiger partial charge in [0.05, 0.1) is 19.0 Å². The summed E-state index contributed by atoms with van der Waals surface area (Å²) in [5.41, 5.74) is 1.77. The zero-order valence-electron chi connectivity index (χ0n) is 12.5. The highest BCUT2D eigenvalue weighted by Crippen LogP contribution is 2.12. The molecule has 0 atom stereocenters. The first-order valence-electron chi connectivity index (χ1n) is 7.76. The van der Waals surface area contributed by atoms with Crippen molar-refractivity contribution in [1.29, 1.82) is 5.26 Å². The molecule has 1 heterocycles. The molecular formula is C17H23N3O. The molecule has 1 aliphatic heterocycles. The Morgan fingerprint density at radius 3 is 2.33 bits per heavy atom. The van der Waals surface area contributed by atoms with Crippen LogP contribution in [0.25, 0.3) is 0 Å². The topological polar surface area (TPSA) is 56.1 Å². The Morgan fingerprint density at radius 1 is 1.10 bits per heavy atom. The van der Waals surface area contributed by atoms with E-state index in [0.717, 1.165) is 24.3 Å². The molecule has 1 amide bonds. The number of nitrogens with one attached hydrogen (secondary N) is 1. The number of carbonyl (C=O) groups is 1. The average Bonchev–Trinajstić information content (AvgIpc) is 2.44. The SMILES string of the molecule is N#CCc1ccc(NC(=O)CN2CCCCCCC2)cc1. The lowest BCUT2D eigenvalue weighted by atomic mass is 10.1. The fourth-order valence-corrected chi connectivity index (χ4v) is 2.67. The van der Waals surface area contributed by atoms with Crippen LogP contribution >= 0.6 is 0 Å². The van der Waals surface area contributed by atoms with Gasteiger partial charge in [0.1, 0.15) is 0 Å². The molecule has 1 fully saturated rings. The molecule has 1 aromatic rings. The highest BCUT2D eigenvalue weighted by atomic mass is 16.2. The lowest BCUT2D eigenvalue weighted by molar-refractivity contribution is -0.117. The maximum Gasteiger partial charge on any atom is 0.238 e. The summed E-state index contributed by atoms with van der Waals surface area (Å²) in [6, 6.07) is 9.60. The number of nitrogens with zero attached hydrogens (tertiary/aromatic N) is 2. The molecule has 0 aromatic heterocycles. The molecule has 1 N–H and O–H groups in total. The lowest BCUT2D eigenvalue weighted by Crippen LogP contribution is -2.35. The van der Waals surface area contributed by atoms with Gasteiger partial charge in [-0.05, 0) is 43.6 Å². The molecule has 2 rings (SSSR count). The Bertz CT molecular complexity index is 482. The van der Waals surface area contributed by atoms with Crippen LogP contribution in [0.15, 0.2) is 24.3 Å². The van der Waals surface area contributed by atoms with Gasteiger partial charge in [0, 0.05) is 5.69 Å². The summed E-state index contributed by atoms with van der Waals surface area (Å²) in [7, 11) is 0. The Morgan fingerprint density at radius 2 is 1.71 bits per heavy atom. The van der Waals surface area contributed by atoms with Crippen molar-refractivity contribution in [3.8, 4) is 6.07 Å². The van der Waals surface area contributed by atoms with Gasteiger partial charge in [-0.15, -0.1) is 0 Å². The first-order valence-corrected chi connectivity index (χ1v) is 7.76. The van der Waals surface area contributed by atoms with Crippen molar-refractivity contribution >= 4 is 11.6 Å². The molecule has 1 aromatic carbocycles. The third-order valence-electron chi connectivity index (χ3n) is 3.84. The van der Waals surface area contributed by atoms with Crippen LogP contribution in [0, 0.1) is 11.3 Å². The molecule has 4 nitrogen and oxygen atoms in total. The largest absolute Gasteiger partial charge is 0.325 e. The zero-order chi connectivity index (χ0) is 14.9. The summed E-state index contributed by atoms with van der Waals surface area (Å²) in [6.45, 7) is 2.52. The van der Waals surface area contributed by atoms with Crippen molar-refractivity contribution in [3.05, 3.63) is 29.8 Å². The summed E-state index contributed by atoms with van der Waals surface area (Å²) in [6.07, 6.45) is 6.67. The fraction of sp³-hybridized carbons (Fsp3) is 0.529. The van der Waals surface area contributed by atoms with Crippen LogP contribution in [0.4, 0.5) is 5.69 Å². The van der Waals surface area contributed by atoms with Crippen molar-refractivity contribution in [2.45, 2.75) is 38.5 Å². The Hall–Kier alpha value is -1.86. The molecule has 1 aliphatic rings. The van der Waals surface area contributed by atoms with Crippen molar-refractivity contribution in [2.75, 3.05) is 25.0 Å². The number of amides is 1. The van der Waals surface area contributed by atoms with Crippen LogP contribution in [0.2, 0.25) is 0 Å². The molecule has 0 unspecified atom stereocenters. The lowest BCUT2D eigenvalue weighted by Gasteiger charge is -2.23. The van der Waals surface area contributed by atoms with E-state index in [-0.39, 0.29) is 5.91 Å². The minimum atomic E-state index is 0.0450. The number of carbonyl (C=O) groups excluding carboxylic acids is 1. The van der Waals surface area contributed by atoms with E-state index in [4.69, 9.17) is 5.26 Å². The second-order valence-corrected chi connectivity index (χ2v) is 5.62. The second-order valence-electron chi connectivity index (χ2n) is 5.62. The van der Waals surface area contributed by atoms with E-state index < -0.39 is 0 Å². The monoisotopic (exact) mass is 285 g/mol. The smallest absolute Gasteiger partial charge is 0.238 e. The predicted octanol–water partition coefficient (Wildman–Crippen LogP) is 2.96. The number of benzene rings is 1. The summed E-state index contributed by atoms with van der Waals surface area (Å²) >= 11 is 0. The van der Waals surface area contributed by atoms with Crippen LogP contribution in [-0.2, 0) is 11.2 Å². The fourth-order valence-electron chi connectivity index (χ4n) is 2.67. The number of rotatable bonds is 4. The van der Waals surface area contributed by atoms with Gasteiger partial charge in [-0.2, -0.15) is 5.26 Å². The predicted molar refractivity (Wildman–Crippen MR) is 83.9 cm³/mol. The number of hydrogen-bond acceptors (Lipinski definition) is 3. The Kier molecular flexibility index (Phi) is 6.23. The third-order valence-corrected chi connectivity index (χ3v) is 3.84. The van der Waals surface area contributed by atoms with E-state index in [1.807, 2.05) is 24.3 Å².